The Morgan fingerprint density at radius 3 is 1.74 bits per heavy atom. The molecule has 0 radical (unpaired) electrons. The molecule has 2 aliphatic rings. The highest BCUT2D eigenvalue weighted by atomic mass is 16.5. The summed E-state index contributed by atoms with van der Waals surface area (Å²) >= 11 is 0. The van der Waals surface area contributed by atoms with Crippen molar-refractivity contribution in [3.8, 4) is 0 Å². The highest BCUT2D eigenvalue weighted by molar-refractivity contribution is 6.03. The van der Waals surface area contributed by atoms with Crippen molar-refractivity contribution >= 4 is 11.9 Å². The van der Waals surface area contributed by atoms with Gasteiger partial charge in [0.2, 0.25) is 0 Å². The van der Waals surface area contributed by atoms with E-state index >= 15 is 0 Å². The SMILES string of the molecule is Cc1c(C)c2c3c(c1C(=O)OCCCOC2=O)C3C. The lowest BCUT2D eigenvalue weighted by Gasteiger charge is -2.10. The zero-order valence-corrected chi connectivity index (χ0v) is 11.3. The molecule has 0 N–H and O–H groups in total. The molecule has 1 aliphatic heterocycles. The van der Waals surface area contributed by atoms with Crippen molar-refractivity contribution in [2.45, 2.75) is 33.1 Å². The van der Waals surface area contributed by atoms with Crippen LogP contribution in [0, 0.1) is 13.8 Å². The summed E-state index contributed by atoms with van der Waals surface area (Å²) < 4.78 is 10.5. The minimum atomic E-state index is -0.276. The molecule has 1 aromatic rings. The molecule has 1 heterocycles. The Labute approximate surface area is 111 Å². The fourth-order valence-corrected chi connectivity index (χ4v) is 2.88. The fraction of sp³-hybridized carbons (Fsp3) is 0.467. The average molecular weight is 260 g/mol. The van der Waals surface area contributed by atoms with E-state index in [0.717, 1.165) is 22.3 Å². The van der Waals surface area contributed by atoms with Crippen LogP contribution in [0.3, 0.4) is 0 Å². The van der Waals surface area contributed by atoms with Gasteiger partial charge in [0.25, 0.3) is 0 Å². The summed E-state index contributed by atoms with van der Waals surface area (Å²) in [5, 5.41) is 0. The number of benzene rings is 1. The smallest absolute Gasteiger partial charge is 0.338 e. The number of hydrogen-bond acceptors (Lipinski definition) is 4. The van der Waals surface area contributed by atoms with Gasteiger partial charge in [0.05, 0.1) is 24.3 Å². The summed E-state index contributed by atoms with van der Waals surface area (Å²) in [6.45, 7) is 6.31. The maximum Gasteiger partial charge on any atom is 0.338 e. The average Bonchev–Trinajstić information content (AvgIpc) is 3.00. The number of esters is 2. The number of rotatable bonds is 0. The van der Waals surface area contributed by atoms with Crippen LogP contribution in [0.4, 0.5) is 0 Å². The van der Waals surface area contributed by atoms with Gasteiger partial charge in [-0.25, -0.2) is 9.59 Å². The Morgan fingerprint density at radius 2 is 1.32 bits per heavy atom. The Kier molecular flexibility index (Phi) is 2.62. The summed E-state index contributed by atoms with van der Waals surface area (Å²) in [5.74, 6) is -0.402. The minimum absolute atomic E-state index is 0.150. The van der Waals surface area contributed by atoms with E-state index in [2.05, 4.69) is 0 Å². The van der Waals surface area contributed by atoms with Crippen LogP contribution in [0.25, 0.3) is 0 Å². The molecule has 4 nitrogen and oxygen atoms in total. The number of carbonyl (C=O) groups is 2. The lowest BCUT2D eigenvalue weighted by molar-refractivity contribution is 0.0399. The summed E-state index contributed by atoms with van der Waals surface area (Å²) in [5.41, 5.74) is 4.89. The number of ether oxygens (including phenoxy) is 2. The molecule has 0 aromatic heterocycles. The normalized spacial score (nSPS) is 18.5. The van der Waals surface area contributed by atoms with Crippen LogP contribution < -0.4 is 0 Å². The van der Waals surface area contributed by atoms with Crippen molar-refractivity contribution in [1.82, 2.24) is 0 Å². The van der Waals surface area contributed by atoms with E-state index in [1.165, 1.54) is 0 Å². The third-order valence-corrected chi connectivity index (χ3v) is 4.09. The molecule has 3 rings (SSSR count). The second kappa shape index (κ2) is 4.08. The molecule has 0 saturated carbocycles. The molecule has 2 bridgehead atoms. The maximum absolute atomic E-state index is 12.2. The van der Waals surface area contributed by atoms with Gasteiger partial charge in [0.1, 0.15) is 0 Å². The van der Waals surface area contributed by atoms with Crippen LogP contribution in [0.1, 0.15) is 62.2 Å². The first-order valence-electron chi connectivity index (χ1n) is 6.55. The Bertz CT molecular complexity index is 550. The summed E-state index contributed by atoms with van der Waals surface area (Å²) in [4.78, 5) is 24.3. The molecule has 19 heavy (non-hydrogen) atoms. The molecular weight excluding hydrogens is 244 g/mol. The third kappa shape index (κ3) is 1.66. The number of cyclic esters (lactones) is 2. The van der Waals surface area contributed by atoms with E-state index in [9.17, 15) is 9.59 Å². The molecule has 1 aliphatic carbocycles. The van der Waals surface area contributed by atoms with Crippen LogP contribution in [-0.2, 0) is 9.47 Å². The molecule has 0 amide bonds. The molecule has 4 heteroatoms. The van der Waals surface area contributed by atoms with Crippen LogP contribution in [0.2, 0.25) is 0 Å². The first kappa shape index (κ1) is 12.2. The van der Waals surface area contributed by atoms with Gasteiger partial charge in [-0.2, -0.15) is 0 Å². The van der Waals surface area contributed by atoms with Crippen LogP contribution in [-0.4, -0.2) is 25.2 Å². The summed E-state index contributed by atoms with van der Waals surface area (Å²) in [6, 6.07) is 0. The van der Waals surface area contributed by atoms with Gasteiger partial charge in [-0.05, 0) is 36.1 Å². The summed E-state index contributed by atoms with van der Waals surface area (Å²) in [6.07, 6.45) is 0.538. The molecule has 0 fully saturated rings. The zero-order chi connectivity index (χ0) is 13.7. The van der Waals surface area contributed by atoms with Crippen molar-refractivity contribution in [3.05, 3.63) is 33.4 Å². The van der Waals surface area contributed by atoms with E-state index in [0.29, 0.717) is 17.5 Å². The molecule has 0 saturated heterocycles. The lowest BCUT2D eigenvalue weighted by Crippen LogP contribution is -2.10. The van der Waals surface area contributed by atoms with Crippen molar-refractivity contribution < 1.29 is 19.1 Å². The Balaban J connectivity index is 2.24. The topological polar surface area (TPSA) is 52.6 Å². The lowest BCUT2D eigenvalue weighted by atomic mass is 9.98. The molecule has 0 atom stereocenters. The Morgan fingerprint density at radius 1 is 0.895 bits per heavy atom. The first-order valence-corrected chi connectivity index (χ1v) is 6.55. The fourth-order valence-electron chi connectivity index (χ4n) is 2.88. The van der Waals surface area contributed by atoms with Crippen LogP contribution >= 0.6 is 0 Å². The standard InChI is InChI=1S/C15H16O4/c1-7-8(2)13-11-9(3)10(11)12(7)14(16)18-5-4-6-19-15(13)17/h9H,4-6H2,1-3H3. The monoisotopic (exact) mass is 260 g/mol. The van der Waals surface area contributed by atoms with Crippen molar-refractivity contribution in [3.63, 3.8) is 0 Å². The largest absolute Gasteiger partial charge is 0.462 e. The first-order chi connectivity index (χ1) is 9.04. The molecular formula is C15H16O4. The predicted octanol–water partition coefficient (Wildman–Crippen LogP) is 2.49. The second-order valence-corrected chi connectivity index (χ2v) is 5.17. The number of carbonyl (C=O) groups excluding carboxylic acids is 2. The zero-order valence-electron chi connectivity index (χ0n) is 11.3. The van der Waals surface area contributed by atoms with Crippen molar-refractivity contribution in [1.29, 1.82) is 0 Å². The predicted molar refractivity (Wildman–Crippen MR) is 68.6 cm³/mol. The highest BCUT2D eigenvalue weighted by Crippen LogP contribution is 2.50. The minimum Gasteiger partial charge on any atom is -0.462 e. The van der Waals surface area contributed by atoms with Crippen molar-refractivity contribution in [2.75, 3.05) is 13.2 Å². The van der Waals surface area contributed by atoms with E-state index in [4.69, 9.17) is 9.47 Å². The van der Waals surface area contributed by atoms with E-state index < -0.39 is 0 Å². The van der Waals surface area contributed by atoms with E-state index in [-0.39, 0.29) is 31.1 Å². The van der Waals surface area contributed by atoms with E-state index in [1.807, 2.05) is 20.8 Å². The van der Waals surface area contributed by atoms with Crippen molar-refractivity contribution in [2.24, 2.45) is 0 Å². The van der Waals surface area contributed by atoms with E-state index in [1.54, 1.807) is 0 Å². The Hall–Kier alpha value is -1.84. The second-order valence-electron chi connectivity index (χ2n) is 5.17. The van der Waals surface area contributed by atoms with Gasteiger partial charge < -0.3 is 9.47 Å². The van der Waals surface area contributed by atoms with Crippen LogP contribution in [0.15, 0.2) is 0 Å². The summed E-state index contributed by atoms with van der Waals surface area (Å²) in [7, 11) is 0. The van der Waals surface area contributed by atoms with Crippen LogP contribution in [0.5, 0.6) is 0 Å². The number of hydrogen-bond donors (Lipinski definition) is 0. The molecule has 100 valence electrons. The van der Waals surface area contributed by atoms with Gasteiger partial charge in [0.15, 0.2) is 0 Å². The molecule has 0 unspecified atom stereocenters. The van der Waals surface area contributed by atoms with Gasteiger partial charge in [-0.15, -0.1) is 0 Å². The maximum atomic E-state index is 12.2. The quantitative estimate of drug-likeness (QED) is 0.672. The molecule has 0 spiro atoms. The third-order valence-electron chi connectivity index (χ3n) is 4.09. The molecule has 1 aromatic carbocycles. The van der Waals surface area contributed by atoms with Gasteiger partial charge in [0, 0.05) is 12.3 Å². The van der Waals surface area contributed by atoms with Gasteiger partial charge >= 0.3 is 11.9 Å². The van der Waals surface area contributed by atoms with Gasteiger partial charge in [-0.1, -0.05) is 6.92 Å². The van der Waals surface area contributed by atoms with Gasteiger partial charge in [-0.3, -0.25) is 0 Å². The highest BCUT2D eigenvalue weighted by Gasteiger charge is 2.42.